The lowest BCUT2D eigenvalue weighted by atomic mass is 10.1. The maximum absolute atomic E-state index is 11.3. The number of primary amides is 2. The fourth-order valence-corrected chi connectivity index (χ4v) is 2.37. The summed E-state index contributed by atoms with van der Waals surface area (Å²) in [5.74, 6) is -3.59. The maximum atomic E-state index is 11.3. The van der Waals surface area contributed by atoms with Gasteiger partial charge in [0.15, 0.2) is 0 Å². The van der Waals surface area contributed by atoms with Crippen molar-refractivity contribution in [2.24, 2.45) is 11.5 Å². The fraction of sp³-hybridized carbons (Fsp3) is 0.286. The van der Waals surface area contributed by atoms with E-state index in [1.54, 1.807) is 0 Å². The molecule has 0 unspecified atom stereocenters. The molecule has 0 saturated heterocycles. The van der Waals surface area contributed by atoms with Crippen LogP contribution in [0, 0.1) is 20.2 Å². The Bertz CT molecular complexity index is 827. The predicted octanol–water partition coefficient (Wildman–Crippen LogP) is 0.262. The quantitative estimate of drug-likeness (QED) is 0.292. The minimum Gasteiger partial charge on any atom is -0.395 e. The molecular weight excluding hydrogens is 366 g/mol. The van der Waals surface area contributed by atoms with Crippen molar-refractivity contribution in [2.75, 3.05) is 13.1 Å². The third-order valence-corrected chi connectivity index (χ3v) is 3.54. The lowest BCUT2D eigenvalue weighted by Crippen LogP contribution is -2.22. The molecule has 5 N–H and O–H groups in total. The van der Waals surface area contributed by atoms with Crippen molar-refractivity contribution in [3.05, 3.63) is 55.0 Å². The van der Waals surface area contributed by atoms with Crippen molar-refractivity contribution in [1.82, 2.24) is 5.32 Å². The summed E-state index contributed by atoms with van der Waals surface area (Å²) in [7, 11) is 0. The maximum Gasteiger partial charge on any atom is 0.433 e. The van der Waals surface area contributed by atoms with E-state index in [0.717, 1.165) is 12.1 Å². The second kappa shape index (κ2) is 8.09. The van der Waals surface area contributed by atoms with E-state index in [2.05, 4.69) is 5.32 Å². The molecule has 13 heteroatoms. The van der Waals surface area contributed by atoms with Gasteiger partial charge in [-0.15, -0.1) is 0 Å². The van der Waals surface area contributed by atoms with Gasteiger partial charge in [0.2, 0.25) is 11.5 Å². The molecule has 0 aliphatic heterocycles. The first-order valence-electron chi connectivity index (χ1n) is 7.55. The molecular formula is C14H15N5O8. The number of nitro groups is 2. The van der Waals surface area contributed by atoms with Gasteiger partial charge in [0.25, 0.3) is 11.8 Å². The fourth-order valence-electron chi connectivity index (χ4n) is 2.37. The van der Waals surface area contributed by atoms with Crippen molar-refractivity contribution >= 4 is 23.6 Å². The van der Waals surface area contributed by atoms with Crippen molar-refractivity contribution in [1.29, 1.82) is 0 Å². The van der Waals surface area contributed by atoms with E-state index >= 15 is 0 Å². The molecule has 2 rings (SSSR count). The number of nitrogens with one attached hydrogen (secondary N) is 1. The third kappa shape index (κ3) is 4.66. The lowest BCUT2D eigenvalue weighted by Gasteiger charge is -2.03. The van der Waals surface area contributed by atoms with Gasteiger partial charge in [0, 0.05) is 11.1 Å². The first kappa shape index (κ1) is 19.6. The number of amides is 2. The van der Waals surface area contributed by atoms with Crippen LogP contribution in [0.25, 0.3) is 0 Å². The van der Waals surface area contributed by atoms with Crippen LogP contribution in [0.15, 0.2) is 21.0 Å². The summed E-state index contributed by atoms with van der Waals surface area (Å²) in [6.07, 6.45) is 0.424. The van der Waals surface area contributed by atoms with Crippen LogP contribution in [0.4, 0.5) is 11.8 Å². The molecule has 2 aromatic heterocycles. The number of carbonyl (C=O) groups is 2. The van der Waals surface area contributed by atoms with Crippen molar-refractivity contribution in [2.45, 2.75) is 12.8 Å². The van der Waals surface area contributed by atoms with Crippen LogP contribution in [0.2, 0.25) is 0 Å². The first-order valence-corrected chi connectivity index (χ1v) is 7.55. The second-order valence-corrected chi connectivity index (χ2v) is 5.37. The summed E-state index contributed by atoms with van der Waals surface area (Å²) in [5.41, 5.74) is 10.8. The molecule has 27 heavy (non-hydrogen) atoms. The number of carbonyl (C=O) groups excluding carboxylic acids is 2. The zero-order valence-electron chi connectivity index (χ0n) is 13.8. The van der Waals surface area contributed by atoms with Gasteiger partial charge in [-0.25, -0.2) is 0 Å². The summed E-state index contributed by atoms with van der Waals surface area (Å²) in [4.78, 5) is 42.4. The largest absolute Gasteiger partial charge is 0.433 e. The average molecular weight is 381 g/mol. The summed E-state index contributed by atoms with van der Waals surface area (Å²) in [5, 5.41) is 24.4. The number of nitrogens with zero attached hydrogens (tertiary/aromatic N) is 2. The Morgan fingerprint density at radius 1 is 0.889 bits per heavy atom. The predicted molar refractivity (Wildman–Crippen MR) is 88.0 cm³/mol. The van der Waals surface area contributed by atoms with Crippen LogP contribution in [-0.2, 0) is 12.8 Å². The molecule has 0 atom stereocenters. The van der Waals surface area contributed by atoms with Crippen molar-refractivity contribution in [3.63, 3.8) is 0 Å². The molecule has 0 aromatic carbocycles. The zero-order chi connectivity index (χ0) is 20.1. The topological polar surface area (TPSA) is 211 Å². The highest BCUT2D eigenvalue weighted by atomic mass is 16.7. The summed E-state index contributed by atoms with van der Waals surface area (Å²) >= 11 is 0. The Labute approximate surface area is 150 Å². The van der Waals surface area contributed by atoms with Gasteiger partial charge in [-0.1, -0.05) is 0 Å². The van der Waals surface area contributed by atoms with Gasteiger partial charge in [-0.3, -0.25) is 29.8 Å². The first-order chi connectivity index (χ1) is 12.7. The Hall–Kier alpha value is -3.74. The van der Waals surface area contributed by atoms with E-state index < -0.39 is 33.4 Å². The number of rotatable bonds is 10. The highest BCUT2D eigenvalue weighted by Gasteiger charge is 2.23. The zero-order valence-corrected chi connectivity index (χ0v) is 13.8. The molecule has 2 aromatic rings. The smallest absolute Gasteiger partial charge is 0.395 e. The van der Waals surface area contributed by atoms with Crippen LogP contribution in [0.5, 0.6) is 0 Å². The van der Waals surface area contributed by atoms with Gasteiger partial charge in [-0.2, -0.15) is 0 Å². The van der Waals surface area contributed by atoms with Crippen LogP contribution in [0.1, 0.15) is 32.2 Å². The Morgan fingerprint density at radius 3 is 1.56 bits per heavy atom. The van der Waals surface area contributed by atoms with E-state index in [-0.39, 0.29) is 35.5 Å². The second-order valence-electron chi connectivity index (χ2n) is 5.37. The normalized spacial score (nSPS) is 10.7. The van der Waals surface area contributed by atoms with Gasteiger partial charge in [0.05, 0.1) is 12.1 Å². The van der Waals surface area contributed by atoms with Gasteiger partial charge < -0.3 is 25.6 Å². The number of furan rings is 2. The molecule has 0 saturated carbocycles. The molecule has 0 radical (unpaired) electrons. The Balaban J connectivity index is 1.93. The summed E-state index contributed by atoms with van der Waals surface area (Å²) < 4.78 is 9.60. The third-order valence-electron chi connectivity index (χ3n) is 3.54. The van der Waals surface area contributed by atoms with Crippen LogP contribution < -0.4 is 16.8 Å². The molecule has 0 bridgehead atoms. The lowest BCUT2D eigenvalue weighted by molar-refractivity contribution is -0.402. The molecule has 0 aliphatic rings. The highest BCUT2D eigenvalue weighted by molar-refractivity contribution is 5.92. The van der Waals surface area contributed by atoms with Gasteiger partial charge in [-0.05, 0) is 25.9 Å². The average Bonchev–Trinajstić information content (AvgIpc) is 3.19. The van der Waals surface area contributed by atoms with Crippen LogP contribution in [0.3, 0.4) is 0 Å². The molecule has 0 spiro atoms. The minimum absolute atomic E-state index is 0.212. The van der Waals surface area contributed by atoms with E-state index in [9.17, 15) is 29.8 Å². The Kier molecular flexibility index (Phi) is 5.87. The SMILES string of the molecule is NC(=O)c1oc([N+](=O)[O-])cc1CCNCCc1cc([N+](=O)[O-])oc1C(N)=O. The standard InChI is InChI=1S/C14H15N5O8/c15-13(20)11-7(5-9(26-11)18(22)23)1-3-17-4-2-8-6-10(19(24)25)27-12(8)14(16)21/h5-6,17H,1-4H2,(H2,15,20)(H2,16,21). The molecule has 2 heterocycles. The van der Waals surface area contributed by atoms with Crippen molar-refractivity contribution < 1.29 is 28.3 Å². The monoisotopic (exact) mass is 381 g/mol. The van der Waals surface area contributed by atoms with Gasteiger partial charge >= 0.3 is 11.8 Å². The van der Waals surface area contributed by atoms with Crippen LogP contribution in [-0.4, -0.2) is 34.8 Å². The summed E-state index contributed by atoms with van der Waals surface area (Å²) in [6, 6.07) is 2.23. The number of hydrogen-bond donors (Lipinski definition) is 3. The van der Waals surface area contributed by atoms with E-state index in [1.165, 1.54) is 0 Å². The molecule has 2 amide bonds. The highest BCUT2D eigenvalue weighted by Crippen LogP contribution is 2.23. The minimum atomic E-state index is -0.921. The van der Waals surface area contributed by atoms with Crippen molar-refractivity contribution in [3.8, 4) is 0 Å². The molecule has 0 aliphatic carbocycles. The molecule has 144 valence electrons. The molecule has 0 fully saturated rings. The van der Waals surface area contributed by atoms with Crippen LogP contribution >= 0.6 is 0 Å². The number of nitrogens with two attached hydrogens (primary N) is 2. The van der Waals surface area contributed by atoms with E-state index in [4.69, 9.17) is 20.3 Å². The molecule has 13 nitrogen and oxygen atoms in total. The number of hydrogen-bond acceptors (Lipinski definition) is 9. The van der Waals surface area contributed by atoms with Gasteiger partial charge in [0.1, 0.15) is 9.85 Å². The Morgan fingerprint density at radius 2 is 1.26 bits per heavy atom. The van der Waals surface area contributed by atoms with E-state index in [0.29, 0.717) is 13.1 Å². The summed E-state index contributed by atoms with van der Waals surface area (Å²) in [6.45, 7) is 0.589. The van der Waals surface area contributed by atoms with E-state index in [1.807, 2.05) is 0 Å².